The zero-order valence-electron chi connectivity index (χ0n) is 23.9. The van der Waals surface area contributed by atoms with Crippen molar-refractivity contribution in [2.75, 3.05) is 31.1 Å². The zero-order chi connectivity index (χ0) is 28.6. The average molecular weight is 567 g/mol. The molecule has 2 aromatic carbocycles. The molecule has 4 rings (SSSR count). The molecule has 40 heavy (non-hydrogen) atoms. The summed E-state index contributed by atoms with van der Waals surface area (Å²) in [6.07, 6.45) is 2.56. The number of likely N-dealkylation sites (N-methyl/N-ethyl adjacent to an activating group) is 1. The SMILES string of the molecule is CCN(Cc1ccc(CN(CC)C2CCN(c3ncccc3C(=O)OC(C)C)C2)cc1)Cc1c(F)cccc1Cl. The minimum Gasteiger partial charge on any atom is -0.459 e. The van der Waals surface area contributed by atoms with Gasteiger partial charge in [0.2, 0.25) is 0 Å². The highest BCUT2D eigenvalue weighted by Crippen LogP contribution is 2.27. The lowest BCUT2D eigenvalue weighted by Crippen LogP contribution is -2.37. The summed E-state index contributed by atoms with van der Waals surface area (Å²) in [5.41, 5.74) is 3.50. The lowest BCUT2D eigenvalue weighted by Gasteiger charge is -2.28. The topological polar surface area (TPSA) is 48.9 Å². The van der Waals surface area contributed by atoms with Crippen molar-refractivity contribution in [3.63, 3.8) is 0 Å². The number of rotatable bonds is 12. The van der Waals surface area contributed by atoms with Gasteiger partial charge in [0.15, 0.2) is 0 Å². The lowest BCUT2D eigenvalue weighted by atomic mass is 10.1. The monoisotopic (exact) mass is 566 g/mol. The first kappa shape index (κ1) is 30.0. The Bertz CT molecular complexity index is 1250. The number of aromatic nitrogens is 1. The van der Waals surface area contributed by atoms with Gasteiger partial charge in [0.05, 0.1) is 6.10 Å². The fraction of sp³-hybridized carbons (Fsp3) is 0.438. The molecule has 1 aromatic heterocycles. The molecule has 1 fully saturated rings. The van der Waals surface area contributed by atoms with Crippen LogP contribution in [0.4, 0.5) is 10.2 Å². The van der Waals surface area contributed by atoms with Crippen molar-refractivity contribution >= 4 is 23.4 Å². The highest BCUT2D eigenvalue weighted by Gasteiger charge is 2.30. The van der Waals surface area contributed by atoms with Gasteiger partial charge in [-0.3, -0.25) is 9.80 Å². The standard InChI is InChI=1S/C32H40ClFN4O2/c1-5-36(22-28-29(33)10-7-11-30(28)34)19-24-12-14-25(15-13-24)20-37(6-2)26-16-18-38(21-26)31-27(9-8-17-35-31)32(39)40-23(3)4/h7-15,17,23,26H,5-6,16,18-22H2,1-4H3. The van der Waals surface area contributed by atoms with Gasteiger partial charge in [-0.15, -0.1) is 0 Å². The molecule has 0 radical (unpaired) electrons. The van der Waals surface area contributed by atoms with Crippen molar-refractivity contribution in [2.45, 2.75) is 65.9 Å². The number of carbonyl (C=O) groups excluding carboxylic acids is 1. The van der Waals surface area contributed by atoms with Gasteiger partial charge >= 0.3 is 5.97 Å². The number of carbonyl (C=O) groups is 1. The van der Waals surface area contributed by atoms with Crippen LogP contribution in [-0.2, 0) is 24.4 Å². The molecule has 8 heteroatoms. The van der Waals surface area contributed by atoms with Crippen molar-refractivity contribution in [2.24, 2.45) is 0 Å². The van der Waals surface area contributed by atoms with Crippen LogP contribution in [0.5, 0.6) is 0 Å². The second-order valence-corrected chi connectivity index (χ2v) is 11.0. The smallest absolute Gasteiger partial charge is 0.342 e. The third kappa shape index (κ3) is 7.59. The van der Waals surface area contributed by atoms with E-state index in [1.54, 1.807) is 30.5 Å². The van der Waals surface area contributed by atoms with Crippen LogP contribution in [0.2, 0.25) is 5.02 Å². The van der Waals surface area contributed by atoms with Gasteiger partial charge in [-0.1, -0.05) is 55.8 Å². The first-order valence-corrected chi connectivity index (χ1v) is 14.5. The Hall–Kier alpha value is -3.00. The summed E-state index contributed by atoms with van der Waals surface area (Å²) in [7, 11) is 0. The minimum absolute atomic E-state index is 0.177. The largest absolute Gasteiger partial charge is 0.459 e. The molecule has 214 valence electrons. The van der Waals surface area contributed by atoms with E-state index in [0.717, 1.165) is 45.7 Å². The molecule has 0 amide bonds. The van der Waals surface area contributed by atoms with E-state index < -0.39 is 0 Å². The molecule has 0 N–H and O–H groups in total. The number of halogens is 2. The molecule has 0 spiro atoms. The number of pyridine rings is 1. The van der Waals surface area contributed by atoms with E-state index in [1.165, 1.54) is 17.2 Å². The van der Waals surface area contributed by atoms with Crippen LogP contribution in [0, 0.1) is 5.82 Å². The van der Waals surface area contributed by atoms with Crippen LogP contribution in [0.15, 0.2) is 60.8 Å². The molecular weight excluding hydrogens is 527 g/mol. The number of hydrogen-bond donors (Lipinski definition) is 0. The number of benzene rings is 2. The Labute approximate surface area is 242 Å². The lowest BCUT2D eigenvalue weighted by molar-refractivity contribution is 0.0378. The Morgan fingerprint density at radius 1 is 1.05 bits per heavy atom. The first-order chi connectivity index (χ1) is 19.3. The highest BCUT2D eigenvalue weighted by atomic mass is 35.5. The van der Waals surface area contributed by atoms with Gasteiger partial charge in [0.1, 0.15) is 17.2 Å². The second-order valence-electron chi connectivity index (χ2n) is 10.6. The number of esters is 1. The van der Waals surface area contributed by atoms with Gasteiger partial charge in [-0.25, -0.2) is 14.2 Å². The van der Waals surface area contributed by atoms with Gasteiger partial charge in [0, 0.05) is 55.5 Å². The van der Waals surface area contributed by atoms with Crippen LogP contribution in [0.3, 0.4) is 0 Å². The molecule has 2 heterocycles. The molecule has 6 nitrogen and oxygen atoms in total. The fourth-order valence-electron chi connectivity index (χ4n) is 5.25. The number of nitrogens with zero attached hydrogens (tertiary/aromatic N) is 4. The van der Waals surface area contributed by atoms with Crippen molar-refractivity contribution in [1.29, 1.82) is 0 Å². The summed E-state index contributed by atoms with van der Waals surface area (Å²) in [6, 6.07) is 17.5. The fourth-order valence-corrected chi connectivity index (χ4v) is 5.47. The van der Waals surface area contributed by atoms with E-state index in [1.807, 2.05) is 13.8 Å². The zero-order valence-corrected chi connectivity index (χ0v) is 24.7. The molecule has 1 saturated heterocycles. The summed E-state index contributed by atoms with van der Waals surface area (Å²) >= 11 is 6.26. The number of hydrogen-bond acceptors (Lipinski definition) is 6. The molecule has 3 aromatic rings. The van der Waals surface area contributed by atoms with Gasteiger partial charge in [-0.05, 0) is 68.8 Å². The molecule has 1 atom stereocenters. The summed E-state index contributed by atoms with van der Waals surface area (Å²) in [6.45, 7) is 13.4. The van der Waals surface area contributed by atoms with E-state index >= 15 is 0 Å². The molecule has 1 aliphatic rings. The minimum atomic E-state index is -0.326. The summed E-state index contributed by atoms with van der Waals surface area (Å²) < 4.78 is 19.8. The molecule has 1 unspecified atom stereocenters. The Morgan fingerprint density at radius 2 is 1.77 bits per heavy atom. The molecule has 0 saturated carbocycles. The Morgan fingerprint density at radius 3 is 2.42 bits per heavy atom. The predicted octanol–water partition coefficient (Wildman–Crippen LogP) is 6.56. The van der Waals surface area contributed by atoms with Crippen molar-refractivity contribution in [3.8, 4) is 0 Å². The number of ether oxygens (including phenoxy) is 1. The van der Waals surface area contributed by atoms with E-state index in [4.69, 9.17) is 16.3 Å². The van der Waals surface area contributed by atoms with Gasteiger partial charge in [0.25, 0.3) is 0 Å². The average Bonchev–Trinajstić information content (AvgIpc) is 3.43. The Balaban J connectivity index is 1.37. The van der Waals surface area contributed by atoms with E-state index in [2.05, 4.69) is 57.8 Å². The van der Waals surface area contributed by atoms with Gasteiger partial charge < -0.3 is 9.64 Å². The van der Waals surface area contributed by atoms with E-state index in [-0.39, 0.29) is 17.9 Å². The summed E-state index contributed by atoms with van der Waals surface area (Å²) in [4.78, 5) is 24.1. The molecular formula is C32H40ClFN4O2. The van der Waals surface area contributed by atoms with Crippen molar-refractivity contribution < 1.29 is 13.9 Å². The van der Waals surface area contributed by atoms with Crippen molar-refractivity contribution in [1.82, 2.24) is 14.8 Å². The molecule has 1 aliphatic heterocycles. The quantitative estimate of drug-likeness (QED) is 0.231. The third-order valence-corrected chi connectivity index (χ3v) is 7.79. The van der Waals surface area contributed by atoms with E-state index in [9.17, 15) is 9.18 Å². The maximum Gasteiger partial charge on any atom is 0.342 e. The first-order valence-electron chi connectivity index (χ1n) is 14.2. The predicted molar refractivity (Wildman–Crippen MR) is 159 cm³/mol. The summed E-state index contributed by atoms with van der Waals surface area (Å²) in [5.74, 6) is 0.113. The van der Waals surface area contributed by atoms with Crippen LogP contribution < -0.4 is 4.90 Å². The highest BCUT2D eigenvalue weighted by molar-refractivity contribution is 6.31. The normalized spacial score (nSPS) is 15.4. The third-order valence-electron chi connectivity index (χ3n) is 7.44. The van der Waals surface area contributed by atoms with Gasteiger partial charge in [-0.2, -0.15) is 0 Å². The second kappa shape index (κ2) is 14.1. The van der Waals surface area contributed by atoms with Crippen LogP contribution in [-0.4, -0.2) is 59.1 Å². The van der Waals surface area contributed by atoms with Crippen molar-refractivity contribution in [3.05, 3.63) is 93.9 Å². The van der Waals surface area contributed by atoms with E-state index in [0.29, 0.717) is 34.6 Å². The maximum absolute atomic E-state index is 14.3. The molecule has 0 aliphatic carbocycles. The molecule has 0 bridgehead atoms. The van der Waals surface area contributed by atoms with Crippen LogP contribution in [0.1, 0.15) is 61.2 Å². The Kier molecular flexibility index (Phi) is 10.5. The van der Waals surface area contributed by atoms with Crippen LogP contribution >= 0.6 is 11.6 Å². The van der Waals surface area contributed by atoms with Crippen LogP contribution in [0.25, 0.3) is 0 Å². The maximum atomic E-state index is 14.3. The summed E-state index contributed by atoms with van der Waals surface area (Å²) in [5, 5.41) is 0.466. The number of anilines is 1.